The van der Waals surface area contributed by atoms with Gasteiger partial charge in [0.1, 0.15) is 0 Å². The molecule has 0 aromatic heterocycles. The van der Waals surface area contributed by atoms with Gasteiger partial charge in [0, 0.05) is 41.6 Å². The zero-order valence-corrected chi connectivity index (χ0v) is 18.6. The second kappa shape index (κ2) is 8.24. The fourth-order valence-corrected chi connectivity index (χ4v) is 6.96. The van der Waals surface area contributed by atoms with Crippen LogP contribution in [0.1, 0.15) is 65.4 Å². The normalized spacial score (nSPS) is 27.2. The summed E-state index contributed by atoms with van der Waals surface area (Å²) in [6.07, 6.45) is 6.71. The predicted octanol–water partition coefficient (Wildman–Crippen LogP) is 6.84. The van der Waals surface area contributed by atoms with Gasteiger partial charge in [-0.3, -0.25) is 4.79 Å². The molecule has 0 spiro atoms. The monoisotopic (exact) mass is 421 g/mol. The summed E-state index contributed by atoms with van der Waals surface area (Å²) in [4.78, 5) is 16.4. The molecule has 6 rings (SSSR count). The Labute approximate surface area is 191 Å². The first-order valence-corrected chi connectivity index (χ1v) is 12.3. The van der Waals surface area contributed by atoms with Crippen LogP contribution in [0.15, 0.2) is 84.9 Å². The summed E-state index contributed by atoms with van der Waals surface area (Å²) < 4.78 is 0. The van der Waals surface area contributed by atoms with Gasteiger partial charge in [0.05, 0.1) is 0 Å². The highest BCUT2D eigenvalue weighted by molar-refractivity contribution is 5.99. The Bertz CT molecular complexity index is 1090. The number of anilines is 1. The van der Waals surface area contributed by atoms with Crippen molar-refractivity contribution in [2.45, 2.75) is 50.0 Å². The number of carbonyl (C=O) groups excluding carboxylic acids is 1. The summed E-state index contributed by atoms with van der Waals surface area (Å²) in [6, 6.07) is 30.2. The largest absolute Gasteiger partial charge is 0.366 e. The van der Waals surface area contributed by atoms with Gasteiger partial charge in [-0.05, 0) is 36.0 Å². The van der Waals surface area contributed by atoms with Gasteiger partial charge in [-0.15, -0.1) is 0 Å². The van der Waals surface area contributed by atoms with E-state index < -0.39 is 0 Å². The Morgan fingerprint density at radius 2 is 1.38 bits per heavy atom. The van der Waals surface area contributed by atoms with E-state index in [4.69, 9.17) is 0 Å². The molecular formula is C30H31NO. The van der Waals surface area contributed by atoms with Crippen molar-refractivity contribution < 1.29 is 4.79 Å². The van der Waals surface area contributed by atoms with E-state index in [0.717, 1.165) is 18.0 Å². The molecule has 3 aromatic rings. The average molecular weight is 422 g/mol. The Hall–Kier alpha value is -2.87. The van der Waals surface area contributed by atoms with Crippen molar-refractivity contribution in [2.24, 2.45) is 11.8 Å². The van der Waals surface area contributed by atoms with Crippen LogP contribution < -0.4 is 4.90 Å². The molecule has 2 heterocycles. The fraction of sp³-hybridized carbons (Fsp3) is 0.367. The highest BCUT2D eigenvalue weighted by Gasteiger charge is 2.55. The van der Waals surface area contributed by atoms with Crippen LogP contribution >= 0.6 is 0 Å². The first kappa shape index (κ1) is 19.8. The number of ketones is 1. The lowest BCUT2D eigenvalue weighted by Gasteiger charge is -2.36. The molecule has 0 N–H and O–H groups in total. The summed E-state index contributed by atoms with van der Waals surface area (Å²) >= 11 is 0. The van der Waals surface area contributed by atoms with Gasteiger partial charge in [0.15, 0.2) is 5.78 Å². The van der Waals surface area contributed by atoms with E-state index in [1.165, 1.54) is 48.9 Å². The third-order valence-electron chi connectivity index (χ3n) is 8.27. The van der Waals surface area contributed by atoms with Crippen LogP contribution in [0, 0.1) is 11.8 Å². The van der Waals surface area contributed by atoms with Crippen molar-refractivity contribution >= 4 is 11.5 Å². The number of rotatable bonds is 4. The second-order valence-corrected chi connectivity index (χ2v) is 9.90. The molecule has 162 valence electrons. The van der Waals surface area contributed by atoms with E-state index in [-0.39, 0.29) is 11.8 Å². The minimum Gasteiger partial charge on any atom is -0.366 e. The zero-order chi connectivity index (χ0) is 21.5. The van der Waals surface area contributed by atoms with Gasteiger partial charge >= 0.3 is 0 Å². The molecule has 2 heteroatoms. The van der Waals surface area contributed by atoms with Crippen LogP contribution in [0.2, 0.25) is 0 Å². The van der Waals surface area contributed by atoms with Gasteiger partial charge in [0.25, 0.3) is 0 Å². The number of hydrogen-bond acceptors (Lipinski definition) is 2. The first-order valence-electron chi connectivity index (χ1n) is 12.3. The predicted molar refractivity (Wildman–Crippen MR) is 130 cm³/mol. The van der Waals surface area contributed by atoms with E-state index in [1.807, 2.05) is 30.3 Å². The van der Waals surface area contributed by atoms with Crippen molar-refractivity contribution in [3.8, 4) is 0 Å². The fourth-order valence-electron chi connectivity index (χ4n) is 6.96. The second-order valence-electron chi connectivity index (χ2n) is 9.90. The summed E-state index contributed by atoms with van der Waals surface area (Å²) in [7, 11) is 0. The summed E-state index contributed by atoms with van der Waals surface area (Å²) in [5.41, 5.74) is 5.07. The highest BCUT2D eigenvalue weighted by atomic mass is 16.1. The molecule has 0 amide bonds. The molecule has 2 fully saturated rings. The number of para-hydroxylation sites is 1. The average Bonchev–Trinajstić information content (AvgIpc) is 3.40. The van der Waals surface area contributed by atoms with Crippen LogP contribution in [0.5, 0.6) is 0 Å². The molecule has 2 unspecified atom stereocenters. The van der Waals surface area contributed by atoms with E-state index in [1.54, 1.807) is 0 Å². The maximum absolute atomic E-state index is 13.8. The Kier molecular flexibility index (Phi) is 5.09. The van der Waals surface area contributed by atoms with Crippen LogP contribution in [0.4, 0.5) is 5.69 Å². The maximum Gasteiger partial charge on any atom is 0.168 e. The molecular weight excluding hydrogens is 390 g/mol. The summed E-state index contributed by atoms with van der Waals surface area (Å²) in [6.45, 7) is 0.818. The quantitative estimate of drug-likeness (QED) is 0.430. The van der Waals surface area contributed by atoms with Crippen molar-refractivity contribution in [3.63, 3.8) is 0 Å². The molecule has 2 nitrogen and oxygen atoms in total. The van der Waals surface area contributed by atoms with E-state index in [0.29, 0.717) is 17.7 Å². The zero-order valence-electron chi connectivity index (χ0n) is 18.6. The molecule has 1 saturated heterocycles. The Morgan fingerprint density at radius 1 is 0.719 bits per heavy atom. The highest BCUT2D eigenvalue weighted by Crippen LogP contribution is 2.57. The van der Waals surface area contributed by atoms with Crippen molar-refractivity contribution in [1.29, 1.82) is 0 Å². The number of hydrogen-bond donors (Lipinski definition) is 0. The molecule has 1 aliphatic carbocycles. The molecule has 2 aliphatic heterocycles. The van der Waals surface area contributed by atoms with Gasteiger partial charge in [-0.2, -0.15) is 0 Å². The third-order valence-corrected chi connectivity index (χ3v) is 8.27. The van der Waals surface area contributed by atoms with Gasteiger partial charge in [0.2, 0.25) is 0 Å². The van der Waals surface area contributed by atoms with Crippen LogP contribution in [-0.2, 0) is 0 Å². The molecule has 1 saturated carbocycles. The summed E-state index contributed by atoms with van der Waals surface area (Å²) in [5.74, 6) is 1.75. The lowest BCUT2D eigenvalue weighted by atomic mass is 9.69. The standard InChI is InChI=1S/C30H31NO/c32-30(23-16-8-3-9-17-23)25-20-31-26-19-11-10-18-24(26)27(21-12-4-1-5-13-21)29(31)28(25)22-14-6-2-7-15-22/h2-3,6-11,14-19,21,25,27-29H,1,4-5,12-13,20H2/t25-,27?,28-,29?/m0/s1. The van der Waals surface area contributed by atoms with Crippen LogP contribution in [0.25, 0.3) is 0 Å². The molecule has 32 heavy (non-hydrogen) atoms. The van der Waals surface area contributed by atoms with Crippen molar-refractivity contribution in [2.75, 3.05) is 11.4 Å². The van der Waals surface area contributed by atoms with Gasteiger partial charge < -0.3 is 4.90 Å². The smallest absolute Gasteiger partial charge is 0.168 e. The van der Waals surface area contributed by atoms with Crippen molar-refractivity contribution in [1.82, 2.24) is 0 Å². The van der Waals surface area contributed by atoms with E-state index >= 15 is 0 Å². The molecule has 3 aromatic carbocycles. The number of carbonyl (C=O) groups is 1. The topological polar surface area (TPSA) is 20.3 Å². The minimum atomic E-state index is -0.00996. The lowest BCUT2D eigenvalue weighted by molar-refractivity contribution is 0.0914. The summed E-state index contributed by atoms with van der Waals surface area (Å²) in [5, 5.41) is 0. The minimum absolute atomic E-state index is 0.00996. The lowest BCUT2D eigenvalue weighted by Crippen LogP contribution is -2.35. The van der Waals surface area contributed by atoms with E-state index in [9.17, 15) is 4.79 Å². The number of benzene rings is 3. The molecule has 4 atom stereocenters. The first-order chi connectivity index (χ1) is 15.8. The molecule has 0 radical (unpaired) electrons. The van der Waals surface area contributed by atoms with Crippen LogP contribution in [-0.4, -0.2) is 18.4 Å². The third kappa shape index (κ3) is 3.20. The van der Waals surface area contributed by atoms with E-state index in [2.05, 4.69) is 59.5 Å². The Balaban J connectivity index is 1.47. The number of fused-ring (bicyclic) bond motifs is 3. The molecule has 3 aliphatic rings. The van der Waals surface area contributed by atoms with Crippen LogP contribution in [0.3, 0.4) is 0 Å². The number of Topliss-reactive ketones (excluding diaryl/α,β-unsaturated/α-hetero) is 1. The molecule has 0 bridgehead atoms. The van der Waals surface area contributed by atoms with Gasteiger partial charge in [-0.25, -0.2) is 0 Å². The maximum atomic E-state index is 13.8. The van der Waals surface area contributed by atoms with Crippen molar-refractivity contribution in [3.05, 3.63) is 102 Å². The number of nitrogens with zero attached hydrogens (tertiary/aromatic N) is 1. The SMILES string of the molecule is O=C(c1ccccc1)[C@H]1CN2c3ccccc3C(C3CCCCC3)C2[C@H]1c1ccccc1. The van der Waals surface area contributed by atoms with Gasteiger partial charge in [-0.1, -0.05) is 98.1 Å². The Morgan fingerprint density at radius 3 is 2.12 bits per heavy atom.